The van der Waals surface area contributed by atoms with E-state index in [0.717, 1.165) is 0 Å². The summed E-state index contributed by atoms with van der Waals surface area (Å²) < 4.78 is 0. The van der Waals surface area contributed by atoms with Crippen LogP contribution in [-0.2, 0) is 4.84 Å². The number of hydrogen-bond donors (Lipinski definition) is 0. The van der Waals surface area contributed by atoms with Crippen molar-refractivity contribution in [3.8, 4) is 0 Å². The van der Waals surface area contributed by atoms with Crippen LogP contribution < -0.4 is 0 Å². The summed E-state index contributed by atoms with van der Waals surface area (Å²) in [5.74, 6) is 0. The number of hydroxylamine groups is 4. The van der Waals surface area contributed by atoms with Crippen LogP contribution in [0, 0.1) is 5.21 Å². The monoisotopic (exact) mass is 105 g/mol. The first-order valence-corrected chi connectivity index (χ1v) is 2.24. The molecule has 0 rings (SSSR count). The summed E-state index contributed by atoms with van der Waals surface area (Å²) in [5, 5.41) is 10.6. The van der Waals surface area contributed by atoms with Crippen LogP contribution >= 0.6 is 0 Å². The first kappa shape index (κ1) is 6.88. The van der Waals surface area contributed by atoms with Gasteiger partial charge in [0, 0.05) is 0 Å². The molecule has 3 heteroatoms. The predicted molar refractivity (Wildman–Crippen MR) is 27.1 cm³/mol. The van der Waals surface area contributed by atoms with Gasteiger partial charge in [-0.15, -0.1) is 0 Å². The van der Waals surface area contributed by atoms with Gasteiger partial charge in [-0.1, -0.05) is 0 Å². The summed E-state index contributed by atoms with van der Waals surface area (Å²) in [7, 11) is 2.86. The molecule has 7 heavy (non-hydrogen) atoms. The Kier molecular flexibility index (Phi) is 2.22. The van der Waals surface area contributed by atoms with Crippen molar-refractivity contribution in [1.29, 1.82) is 0 Å². The van der Waals surface area contributed by atoms with Crippen molar-refractivity contribution in [3.63, 3.8) is 0 Å². The maximum atomic E-state index is 10.6. The molecule has 0 fully saturated rings. The summed E-state index contributed by atoms with van der Waals surface area (Å²) in [6.07, 6.45) is 0. The molecule has 0 aliphatic heterocycles. The van der Waals surface area contributed by atoms with E-state index in [0.29, 0.717) is 6.54 Å². The van der Waals surface area contributed by atoms with Crippen LogP contribution in [0.5, 0.6) is 0 Å². The van der Waals surface area contributed by atoms with Gasteiger partial charge in [-0.3, -0.25) is 0 Å². The van der Waals surface area contributed by atoms with Gasteiger partial charge in [-0.2, -0.15) is 0 Å². The van der Waals surface area contributed by atoms with Crippen LogP contribution in [0.25, 0.3) is 0 Å². The van der Waals surface area contributed by atoms with Gasteiger partial charge in [-0.05, 0) is 6.92 Å². The largest absolute Gasteiger partial charge is 0.598 e. The molecule has 0 bridgehead atoms. The summed E-state index contributed by atoms with van der Waals surface area (Å²) in [4.78, 5) is 3.86. The predicted octanol–water partition coefficient (Wildman–Crippen LogP) is 0.512. The maximum absolute atomic E-state index is 10.6. The molecule has 0 saturated heterocycles. The van der Waals surface area contributed by atoms with Crippen LogP contribution in [0.4, 0.5) is 0 Å². The number of quaternary nitrogens is 1. The lowest BCUT2D eigenvalue weighted by atomic mass is 10.7. The fourth-order valence-electron chi connectivity index (χ4n) is 0.129. The Morgan fingerprint density at radius 1 is 1.71 bits per heavy atom. The number of rotatable bonds is 2. The Morgan fingerprint density at radius 2 is 2.14 bits per heavy atom. The Morgan fingerprint density at radius 3 is 2.14 bits per heavy atom. The molecule has 0 aromatic heterocycles. The van der Waals surface area contributed by atoms with Crippen LogP contribution in [-0.4, -0.2) is 25.5 Å². The van der Waals surface area contributed by atoms with Crippen molar-refractivity contribution in [2.24, 2.45) is 0 Å². The van der Waals surface area contributed by atoms with Crippen molar-refractivity contribution in [2.75, 3.05) is 20.7 Å². The lowest BCUT2D eigenvalue weighted by Crippen LogP contribution is -2.35. The number of nitrogens with zero attached hydrogens (tertiary/aromatic N) is 1. The quantitative estimate of drug-likeness (QED) is 0.378. The van der Waals surface area contributed by atoms with E-state index in [4.69, 9.17) is 0 Å². The molecule has 3 nitrogen and oxygen atoms in total. The molecule has 0 radical (unpaired) electrons. The van der Waals surface area contributed by atoms with E-state index in [1.165, 1.54) is 14.2 Å². The Bertz CT molecular complexity index is 47.7. The molecular formula is C4H11NO2. The highest BCUT2D eigenvalue weighted by Crippen LogP contribution is 1.94. The van der Waals surface area contributed by atoms with E-state index >= 15 is 0 Å². The van der Waals surface area contributed by atoms with Crippen molar-refractivity contribution in [1.82, 2.24) is 0 Å². The van der Waals surface area contributed by atoms with E-state index in [2.05, 4.69) is 4.84 Å². The van der Waals surface area contributed by atoms with Crippen LogP contribution in [0.1, 0.15) is 6.92 Å². The second-order valence-electron chi connectivity index (χ2n) is 1.51. The van der Waals surface area contributed by atoms with Gasteiger partial charge in [0.25, 0.3) is 0 Å². The normalized spacial score (nSPS) is 18.9. The van der Waals surface area contributed by atoms with E-state index in [1.807, 2.05) is 0 Å². The first-order chi connectivity index (χ1) is 3.12. The van der Waals surface area contributed by atoms with Crippen LogP contribution in [0.15, 0.2) is 0 Å². The Hall–Kier alpha value is -0.120. The SMILES string of the molecule is CC[N+](C)([O-])OC. The maximum Gasteiger partial charge on any atom is 0.105 e. The summed E-state index contributed by atoms with van der Waals surface area (Å²) in [6, 6.07) is 0. The molecular weight excluding hydrogens is 94.0 g/mol. The molecule has 0 spiro atoms. The fraction of sp³-hybridized carbons (Fsp3) is 1.00. The average Bonchev–Trinajstić information content (AvgIpc) is 1.68. The highest BCUT2D eigenvalue weighted by molar-refractivity contribution is 4.12. The van der Waals surface area contributed by atoms with E-state index < -0.39 is 4.81 Å². The van der Waals surface area contributed by atoms with E-state index in [9.17, 15) is 5.21 Å². The second-order valence-corrected chi connectivity index (χ2v) is 1.51. The van der Waals surface area contributed by atoms with Crippen molar-refractivity contribution >= 4 is 0 Å². The lowest BCUT2D eigenvalue weighted by Gasteiger charge is -2.31. The van der Waals surface area contributed by atoms with Crippen molar-refractivity contribution in [2.45, 2.75) is 6.92 Å². The highest BCUT2D eigenvalue weighted by Gasteiger charge is 2.01. The second kappa shape index (κ2) is 2.26. The average molecular weight is 105 g/mol. The summed E-state index contributed by atoms with van der Waals surface area (Å²) in [5.41, 5.74) is 0. The summed E-state index contributed by atoms with van der Waals surface area (Å²) in [6.45, 7) is 2.23. The zero-order chi connectivity index (χ0) is 5.91. The fourth-order valence-corrected chi connectivity index (χ4v) is 0.129. The third-order valence-corrected chi connectivity index (χ3v) is 0.961. The van der Waals surface area contributed by atoms with Crippen molar-refractivity contribution in [3.05, 3.63) is 5.21 Å². The van der Waals surface area contributed by atoms with Gasteiger partial charge in [0.05, 0.1) is 14.2 Å². The number of hydrogen-bond acceptors (Lipinski definition) is 2. The third-order valence-electron chi connectivity index (χ3n) is 0.961. The zero-order valence-corrected chi connectivity index (χ0v) is 4.97. The molecule has 0 aromatic rings. The topological polar surface area (TPSA) is 32.3 Å². The highest BCUT2D eigenvalue weighted by atomic mass is 16.9. The van der Waals surface area contributed by atoms with Crippen LogP contribution in [0.2, 0.25) is 0 Å². The molecule has 0 saturated carbocycles. The van der Waals surface area contributed by atoms with Gasteiger partial charge in [0.15, 0.2) is 0 Å². The van der Waals surface area contributed by atoms with Gasteiger partial charge in [0.1, 0.15) is 6.54 Å². The van der Waals surface area contributed by atoms with Gasteiger partial charge in [-0.25, -0.2) is 9.65 Å². The smallest absolute Gasteiger partial charge is 0.105 e. The Labute approximate surface area is 43.6 Å². The molecule has 0 aliphatic rings. The molecule has 0 aromatic carbocycles. The molecule has 0 N–H and O–H groups in total. The van der Waals surface area contributed by atoms with Crippen molar-refractivity contribution < 1.29 is 9.65 Å². The van der Waals surface area contributed by atoms with Gasteiger partial charge in [0.2, 0.25) is 0 Å². The molecule has 1 atom stereocenters. The molecule has 0 amide bonds. The summed E-state index contributed by atoms with van der Waals surface area (Å²) >= 11 is 0. The molecule has 1 unspecified atom stereocenters. The van der Waals surface area contributed by atoms with Gasteiger partial charge < -0.3 is 5.21 Å². The standard InChI is InChI=1S/C4H11NO2/c1-4-5(2,6)7-3/h4H2,1-3H3. The third kappa shape index (κ3) is 2.56. The molecule has 0 heterocycles. The minimum atomic E-state index is -0.611. The van der Waals surface area contributed by atoms with Gasteiger partial charge >= 0.3 is 0 Å². The minimum Gasteiger partial charge on any atom is -0.598 e. The lowest BCUT2D eigenvalue weighted by molar-refractivity contribution is -1.05. The molecule has 0 aliphatic carbocycles. The van der Waals surface area contributed by atoms with E-state index in [1.54, 1.807) is 6.92 Å². The van der Waals surface area contributed by atoms with Crippen LogP contribution in [0.3, 0.4) is 0 Å². The first-order valence-electron chi connectivity index (χ1n) is 2.24. The zero-order valence-electron chi connectivity index (χ0n) is 4.97. The Balaban J connectivity index is 3.36. The minimum absolute atomic E-state index is 0.455. The van der Waals surface area contributed by atoms with E-state index in [-0.39, 0.29) is 0 Å². The molecule has 44 valence electrons.